The summed E-state index contributed by atoms with van der Waals surface area (Å²) in [6.07, 6.45) is 0. The number of hydrogen-bond acceptors (Lipinski definition) is 4. The van der Waals surface area contributed by atoms with E-state index in [9.17, 15) is 14.0 Å². The van der Waals surface area contributed by atoms with E-state index in [1.54, 1.807) is 43.3 Å². The number of halogens is 2. The zero-order valence-corrected chi connectivity index (χ0v) is 19.2. The van der Waals surface area contributed by atoms with E-state index in [2.05, 4.69) is 15.8 Å². The SMILES string of the molecule is CC(=NNC(=O)C(=O)Nc1ccc(C)cc1C)c1ccc(OCc2c(F)cccc2Cl)cc1. The van der Waals surface area contributed by atoms with Gasteiger partial charge in [-0.15, -0.1) is 0 Å². The van der Waals surface area contributed by atoms with Crippen LogP contribution < -0.4 is 15.5 Å². The standard InChI is InChI=1S/C25H23ClFN3O3/c1-15-7-12-23(16(2)13-15)28-24(31)25(32)30-29-17(3)18-8-10-19(11-9-18)33-14-20-21(26)5-4-6-22(20)27/h4-13H,14H2,1-3H3,(H,28,31)(H,30,32). The van der Waals surface area contributed by atoms with E-state index in [0.717, 1.165) is 11.1 Å². The summed E-state index contributed by atoms with van der Waals surface area (Å²) >= 11 is 6.01. The molecule has 0 unspecified atom stereocenters. The lowest BCUT2D eigenvalue weighted by Crippen LogP contribution is -2.33. The van der Waals surface area contributed by atoms with Crippen LogP contribution >= 0.6 is 11.6 Å². The van der Waals surface area contributed by atoms with Gasteiger partial charge in [0.05, 0.1) is 10.7 Å². The molecule has 0 saturated carbocycles. The Morgan fingerprint density at radius 3 is 2.42 bits per heavy atom. The molecule has 2 amide bonds. The third-order valence-electron chi connectivity index (χ3n) is 4.88. The first-order chi connectivity index (χ1) is 15.7. The number of carbonyl (C=O) groups is 2. The van der Waals surface area contributed by atoms with Gasteiger partial charge in [-0.3, -0.25) is 9.59 Å². The fourth-order valence-electron chi connectivity index (χ4n) is 3.00. The van der Waals surface area contributed by atoms with Gasteiger partial charge in [0, 0.05) is 11.3 Å². The first kappa shape index (κ1) is 23.9. The number of benzene rings is 3. The second kappa shape index (κ2) is 10.7. The van der Waals surface area contributed by atoms with Crippen molar-refractivity contribution < 1.29 is 18.7 Å². The lowest BCUT2D eigenvalue weighted by molar-refractivity contribution is -0.136. The van der Waals surface area contributed by atoms with Crippen molar-refractivity contribution in [2.75, 3.05) is 5.32 Å². The molecule has 0 aromatic heterocycles. The first-order valence-corrected chi connectivity index (χ1v) is 10.5. The van der Waals surface area contributed by atoms with Gasteiger partial charge in [0.2, 0.25) is 0 Å². The molecular weight excluding hydrogens is 445 g/mol. The first-order valence-electron chi connectivity index (χ1n) is 10.1. The van der Waals surface area contributed by atoms with Crippen LogP contribution in [0.5, 0.6) is 5.75 Å². The number of anilines is 1. The van der Waals surface area contributed by atoms with Crippen LogP contribution in [-0.4, -0.2) is 17.5 Å². The van der Waals surface area contributed by atoms with Gasteiger partial charge in [0.1, 0.15) is 18.2 Å². The Bertz CT molecular complexity index is 1190. The summed E-state index contributed by atoms with van der Waals surface area (Å²) < 4.78 is 19.4. The molecule has 0 spiro atoms. The summed E-state index contributed by atoms with van der Waals surface area (Å²) in [6.45, 7) is 5.47. The maximum atomic E-state index is 13.8. The molecule has 3 aromatic carbocycles. The number of nitrogens with one attached hydrogen (secondary N) is 2. The minimum Gasteiger partial charge on any atom is -0.489 e. The second-order valence-electron chi connectivity index (χ2n) is 7.42. The summed E-state index contributed by atoms with van der Waals surface area (Å²) in [6, 6.07) is 16.8. The van der Waals surface area contributed by atoms with Crippen LogP contribution in [0.25, 0.3) is 0 Å². The number of rotatable bonds is 6. The fraction of sp³-hybridized carbons (Fsp3) is 0.160. The Balaban J connectivity index is 1.56. The quantitative estimate of drug-likeness (QED) is 0.299. The topological polar surface area (TPSA) is 79.8 Å². The maximum absolute atomic E-state index is 13.8. The summed E-state index contributed by atoms with van der Waals surface area (Å²) in [5.41, 5.74) is 6.22. The number of ether oxygens (including phenoxy) is 1. The molecule has 33 heavy (non-hydrogen) atoms. The predicted molar refractivity (Wildman–Crippen MR) is 127 cm³/mol. The van der Waals surface area contributed by atoms with Gasteiger partial charge in [-0.05, 0) is 74.4 Å². The van der Waals surface area contributed by atoms with Gasteiger partial charge in [0.25, 0.3) is 0 Å². The molecule has 0 radical (unpaired) electrons. The molecule has 0 heterocycles. The van der Waals surface area contributed by atoms with Gasteiger partial charge in [-0.2, -0.15) is 5.10 Å². The van der Waals surface area contributed by atoms with Crippen molar-refractivity contribution in [3.05, 3.63) is 93.8 Å². The van der Waals surface area contributed by atoms with E-state index in [-0.39, 0.29) is 12.2 Å². The van der Waals surface area contributed by atoms with Gasteiger partial charge < -0.3 is 10.1 Å². The molecule has 0 saturated heterocycles. The van der Waals surface area contributed by atoms with E-state index >= 15 is 0 Å². The van der Waals surface area contributed by atoms with Crippen LogP contribution in [0, 0.1) is 19.7 Å². The fourth-order valence-corrected chi connectivity index (χ4v) is 3.22. The molecule has 2 N–H and O–H groups in total. The van der Waals surface area contributed by atoms with Crippen molar-refractivity contribution in [2.45, 2.75) is 27.4 Å². The average Bonchev–Trinajstić information content (AvgIpc) is 2.79. The highest BCUT2D eigenvalue weighted by atomic mass is 35.5. The Labute approximate surface area is 196 Å². The van der Waals surface area contributed by atoms with Crippen LogP contribution in [0.1, 0.15) is 29.2 Å². The van der Waals surface area contributed by atoms with E-state index in [4.69, 9.17) is 16.3 Å². The summed E-state index contributed by atoms with van der Waals surface area (Å²) in [5, 5.41) is 6.86. The van der Waals surface area contributed by atoms with Crippen LogP contribution in [-0.2, 0) is 16.2 Å². The molecule has 0 aliphatic rings. The lowest BCUT2D eigenvalue weighted by atomic mass is 10.1. The molecular formula is C25H23ClFN3O3. The minimum atomic E-state index is -0.879. The molecule has 0 aliphatic carbocycles. The highest BCUT2D eigenvalue weighted by Gasteiger charge is 2.14. The van der Waals surface area contributed by atoms with Crippen LogP contribution in [0.2, 0.25) is 5.02 Å². The smallest absolute Gasteiger partial charge is 0.329 e. The van der Waals surface area contributed by atoms with Crippen LogP contribution in [0.3, 0.4) is 0 Å². The zero-order chi connectivity index (χ0) is 24.0. The van der Waals surface area contributed by atoms with E-state index in [1.165, 1.54) is 12.1 Å². The van der Waals surface area contributed by atoms with Crippen molar-refractivity contribution in [3.8, 4) is 5.75 Å². The van der Waals surface area contributed by atoms with Gasteiger partial charge in [-0.25, -0.2) is 9.82 Å². The predicted octanol–water partition coefficient (Wildman–Crippen LogP) is 5.15. The number of hydrazone groups is 1. The number of nitrogens with zero attached hydrogens (tertiary/aromatic N) is 1. The monoisotopic (exact) mass is 467 g/mol. The van der Waals surface area contributed by atoms with Crippen molar-refractivity contribution >= 4 is 34.8 Å². The third-order valence-corrected chi connectivity index (χ3v) is 5.23. The highest BCUT2D eigenvalue weighted by Crippen LogP contribution is 2.22. The maximum Gasteiger partial charge on any atom is 0.329 e. The number of aryl methyl sites for hydroxylation is 2. The summed E-state index contributed by atoms with van der Waals surface area (Å²) in [4.78, 5) is 24.2. The molecule has 3 rings (SSSR count). The number of hydrogen-bond donors (Lipinski definition) is 2. The van der Waals surface area contributed by atoms with Gasteiger partial charge in [0.15, 0.2) is 0 Å². The molecule has 0 aliphatic heterocycles. The molecule has 0 bridgehead atoms. The van der Waals surface area contributed by atoms with Gasteiger partial charge in [-0.1, -0.05) is 35.4 Å². The molecule has 0 atom stereocenters. The van der Waals surface area contributed by atoms with Crippen molar-refractivity contribution in [1.29, 1.82) is 0 Å². The Kier molecular flexibility index (Phi) is 7.79. The lowest BCUT2D eigenvalue weighted by Gasteiger charge is -2.10. The van der Waals surface area contributed by atoms with Crippen LogP contribution in [0.15, 0.2) is 65.8 Å². The zero-order valence-electron chi connectivity index (χ0n) is 18.4. The highest BCUT2D eigenvalue weighted by molar-refractivity contribution is 6.39. The van der Waals surface area contributed by atoms with E-state index < -0.39 is 17.6 Å². The molecule has 3 aromatic rings. The average molecular weight is 468 g/mol. The Morgan fingerprint density at radius 1 is 1.03 bits per heavy atom. The summed E-state index contributed by atoms with van der Waals surface area (Å²) in [5.74, 6) is -1.60. The number of carbonyl (C=O) groups excluding carboxylic acids is 2. The van der Waals surface area contributed by atoms with Gasteiger partial charge >= 0.3 is 11.8 Å². The molecule has 6 nitrogen and oxygen atoms in total. The molecule has 170 valence electrons. The molecule has 0 fully saturated rings. The second-order valence-corrected chi connectivity index (χ2v) is 7.83. The van der Waals surface area contributed by atoms with Crippen LogP contribution in [0.4, 0.5) is 10.1 Å². The normalized spacial score (nSPS) is 11.1. The van der Waals surface area contributed by atoms with E-state index in [0.29, 0.717) is 27.7 Å². The Morgan fingerprint density at radius 2 is 1.76 bits per heavy atom. The molecule has 8 heteroatoms. The van der Waals surface area contributed by atoms with Crippen molar-refractivity contribution in [2.24, 2.45) is 5.10 Å². The largest absolute Gasteiger partial charge is 0.489 e. The third kappa shape index (κ3) is 6.40. The number of amides is 2. The summed E-state index contributed by atoms with van der Waals surface area (Å²) in [7, 11) is 0. The Hall–Kier alpha value is -3.71. The minimum absolute atomic E-state index is 0.0104. The van der Waals surface area contributed by atoms with Crippen molar-refractivity contribution in [1.82, 2.24) is 5.43 Å². The van der Waals surface area contributed by atoms with E-state index in [1.807, 2.05) is 26.0 Å². The van der Waals surface area contributed by atoms with Crippen molar-refractivity contribution in [3.63, 3.8) is 0 Å².